The Morgan fingerprint density at radius 3 is 2.33 bits per heavy atom. The molecule has 0 spiro atoms. The number of nitrogens with zero attached hydrogens (tertiary/aromatic N) is 2. The highest BCUT2D eigenvalue weighted by Gasteiger charge is 2.34. The van der Waals surface area contributed by atoms with E-state index in [1.54, 1.807) is 6.92 Å². The van der Waals surface area contributed by atoms with E-state index in [9.17, 15) is 27.2 Å². The lowest BCUT2D eigenvalue weighted by molar-refractivity contribution is -0.137. The zero-order valence-electron chi connectivity index (χ0n) is 23.5. The summed E-state index contributed by atoms with van der Waals surface area (Å²) in [6.07, 6.45) is -2.14. The van der Waals surface area contributed by atoms with Crippen LogP contribution in [0.5, 0.6) is 0 Å². The number of carboxylic acid groups (broad SMARTS) is 1. The summed E-state index contributed by atoms with van der Waals surface area (Å²) < 4.78 is 56.3. The van der Waals surface area contributed by atoms with Crippen molar-refractivity contribution in [2.24, 2.45) is 0 Å². The average Bonchev–Trinajstić information content (AvgIpc) is 2.89. The zero-order chi connectivity index (χ0) is 30.2. The van der Waals surface area contributed by atoms with E-state index >= 15 is 0 Å². The summed E-state index contributed by atoms with van der Waals surface area (Å²) in [5.74, 6) is -1.29. The van der Waals surface area contributed by atoms with Gasteiger partial charge >= 0.3 is 6.18 Å². The number of pyridine rings is 1. The topological polar surface area (TPSA) is 106 Å². The number of likely N-dealkylation sites (tertiary alicyclic amines) is 1. The van der Waals surface area contributed by atoms with Crippen molar-refractivity contribution in [1.82, 2.24) is 15.2 Å². The van der Waals surface area contributed by atoms with E-state index in [0.29, 0.717) is 30.6 Å². The molecular weight excluding hydrogens is 532 g/mol. The second-order valence-electron chi connectivity index (χ2n) is 9.87. The van der Waals surface area contributed by atoms with Gasteiger partial charge in [-0.25, -0.2) is 4.39 Å². The lowest BCUT2D eigenvalue weighted by atomic mass is 9.97. The molecule has 1 aliphatic heterocycles. The van der Waals surface area contributed by atoms with Crippen molar-refractivity contribution in [3.63, 3.8) is 0 Å². The van der Waals surface area contributed by atoms with Gasteiger partial charge in [0.25, 0.3) is 17.9 Å². The molecule has 1 amide bonds. The number of nitrogens with one attached hydrogen (secondary N) is 2. The number of anilines is 1. The van der Waals surface area contributed by atoms with E-state index in [1.165, 1.54) is 6.92 Å². The normalized spacial score (nSPS) is 14.3. The summed E-state index contributed by atoms with van der Waals surface area (Å²) in [4.78, 5) is 40.7. The number of halogens is 4. The third-order valence-electron chi connectivity index (χ3n) is 7.19. The average molecular weight is 571 g/mol. The maximum Gasteiger partial charge on any atom is 0.416 e. The van der Waals surface area contributed by atoms with Gasteiger partial charge < -0.3 is 25.2 Å². The quantitative estimate of drug-likeness (QED) is 0.315. The van der Waals surface area contributed by atoms with Crippen LogP contribution in [-0.2, 0) is 23.9 Å². The number of carbonyl (C=O) groups is 2. The molecule has 3 N–H and O–H groups in total. The van der Waals surface area contributed by atoms with E-state index in [-0.39, 0.29) is 41.4 Å². The van der Waals surface area contributed by atoms with Crippen LogP contribution in [0.3, 0.4) is 0 Å². The van der Waals surface area contributed by atoms with Crippen molar-refractivity contribution in [2.45, 2.75) is 72.1 Å². The third-order valence-corrected chi connectivity index (χ3v) is 7.19. The highest BCUT2D eigenvalue weighted by atomic mass is 19.4. The maximum atomic E-state index is 14.7. The van der Waals surface area contributed by atoms with Crippen molar-refractivity contribution >= 4 is 18.1 Å². The van der Waals surface area contributed by atoms with Gasteiger partial charge in [0.05, 0.1) is 11.3 Å². The van der Waals surface area contributed by atoms with Crippen molar-refractivity contribution < 1.29 is 32.3 Å². The van der Waals surface area contributed by atoms with Crippen molar-refractivity contribution in [1.29, 1.82) is 0 Å². The Kier molecular flexibility index (Phi) is 11.7. The van der Waals surface area contributed by atoms with E-state index in [4.69, 9.17) is 9.90 Å². The van der Waals surface area contributed by atoms with Crippen molar-refractivity contribution in [3.05, 3.63) is 61.8 Å². The molecule has 0 aliphatic carbocycles. The molecule has 1 fully saturated rings. The molecule has 8 nitrogen and oxygen atoms in total. The smallest absolute Gasteiger partial charge is 0.416 e. The van der Waals surface area contributed by atoms with Gasteiger partial charge in [0.2, 0.25) is 0 Å². The zero-order valence-corrected chi connectivity index (χ0v) is 23.5. The van der Waals surface area contributed by atoms with Crippen LogP contribution in [0.1, 0.15) is 71.4 Å². The number of H-pyrrole nitrogens is 1. The number of rotatable bonds is 8. The summed E-state index contributed by atoms with van der Waals surface area (Å²) >= 11 is 0. The molecular formula is C28H38F4N4O4. The Hall–Kier alpha value is -3.41. The number of aromatic nitrogens is 1. The summed E-state index contributed by atoms with van der Waals surface area (Å²) in [5.41, 5.74) is -0.340. The summed E-state index contributed by atoms with van der Waals surface area (Å²) in [7, 11) is 2.02. The van der Waals surface area contributed by atoms with Gasteiger partial charge in [-0.05, 0) is 77.9 Å². The highest BCUT2D eigenvalue weighted by molar-refractivity contribution is 5.97. The van der Waals surface area contributed by atoms with Crippen LogP contribution in [0.15, 0.2) is 16.9 Å². The molecule has 12 heteroatoms. The molecule has 0 saturated carbocycles. The molecule has 0 radical (unpaired) electrons. The largest absolute Gasteiger partial charge is 0.483 e. The molecule has 1 aliphatic rings. The predicted octanol–water partition coefficient (Wildman–Crippen LogP) is 4.65. The summed E-state index contributed by atoms with van der Waals surface area (Å²) in [6.45, 7) is 8.47. The number of alkyl halides is 3. The number of carbonyl (C=O) groups excluding carboxylic acids is 1. The van der Waals surface area contributed by atoms with Crippen LogP contribution in [-0.4, -0.2) is 60.1 Å². The SMILES string of the molecule is CCCc1c(F)c(C)[nH]c(=O)c1CNC(=O)c1cc(C(F)(F)F)cc(N(CC)C2CCN(C)CC2)c1C.O=CO. The van der Waals surface area contributed by atoms with Crippen LogP contribution < -0.4 is 15.8 Å². The van der Waals surface area contributed by atoms with E-state index in [1.807, 2.05) is 25.8 Å². The second kappa shape index (κ2) is 14.3. The minimum absolute atomic E-state index is 0.0602. The Labute approximate surface area is 231 Å². The number of amides is 1. The molecule has 1 aromatic heterocycles. The molecule has 0 atom stereocenters. The van der Waals surface area contributed by atoms with Crippen LogP contribution in [0.4, 0.5) is 23.2 Å². The fourth-order valence-electron chi connectivity index (χ4n) is 5.09. The summed E-state index contributed by atoms with van der Waals surface area (Å²) in [6, 6.07) is 2.03. The molecule has 2 aromatic rings. The van der Waals surface area contributed by atoms with Gasteiger partial charge in [0.15, 0.2) is 0 Å². The number of piperidine rings is 1. The number of hydrogen-bond donors (Lipinski definition) is 3. The number of aromatic amines is 1. The first-order valence-corrected chi connectivity index (χ1v) is 13.2. The molecule has 222 valence electrons. The van der Waals surface area contributed by atoms with E-state index in [0.717, 1.165) is 38.1 Å². The number of aryl methyl sites for hydroxylation is 1. The first-order chi connectivity index (χ1) is 18.8. The van der Waals surface area contributed by atoms with Crippen LogP contribution in [0, 0.1) is 19.7 Å². The Morgan fingerprint density at radius 2 is 1.80 bits per heavy atom. The van der Waals surface area contributed by atoms with Crippen LogP contribution in [0.2, 0.25) is 0 Å². The van der Waals surface area contributed by atoms with E-state index < -0.39 is 29.0 Å². The predicted molar refractivity (Wildman–Crippen MR) is 145 cm³/mol. The molecule has 1 aromatic carbocycles. The van der Waals surface area contributed by atoms with Gasteiger partial charge in [-0.15, -0.1) is 0 Å². The van der Waals surface area contributed by atoms with Gasteiger partial charge in [0, 0.05) is 41.5 Å². The van der Waals surface area contributed by atoms with Crippen LogP contribution >= 0.6 is 0 Å². The minimum Gasteiger partial charge on any atom is -0.483 e. The van der Waals surface area contributed by atoms with Crippen molar-refractivity contribution in [3.8, 4) is 0 Å². The third kappa shape index (κ3) is 7.83. The van der Waals surface area contributed by atoms with Crippen LogP contribution in [0.25, 0.3) is 0 Å². The molecule has 40 heavy (non-hydrogen) atoms. The van der Waals surface area contributed by atoms with Gasteiger partial charge in [0.1, 0.15) is 5.82 Å². The lowest BCUT2D eigenvalue weighted by Crippen LogP contribution is -2.44. The highest BCUT2D eigenvalue weighted by Crippen LogP contribution is 2.37. The van der Waals surface area contributed by atoms with Gasteiger partial charge in [-0.3, -0.25) is 14.4 Å². The molecule has 3 rings (SSSR count). The van der Waals surface area contributed by atoms with Gasteiger partial charge in [-0.2, -0.15) is 13.2 Å². The van der Waals surface area contributed by atoms with Gasteiger partial charge in [-0.1, -0.05) is 13.3 Å². The molecule has 2 heterocycles. The molecule has 0 bridgehead atoms. The summed E-state index contributed by atoms with van der Waals surface area (Å²) in [5, 5.41) is 9.46. The Balaban J connectivity index is 0.00000178. The Bertz CT molecular complexity index is 1240. The standard InChI is InChI=1S/C27H36F4N4O2.CH2O2/c1-6-8-20-22(26(37)33-17(4)24(20)28)15-32-25(36)21-13-18(27(29,30)31)14-23(16(21)3)35(7-2)19-9-11-34(5)12-10-19;2-1-3/h13-14,19H,6-12,15H2,1-5H3,(H,32,36)(H,33,37);1H,(H,2,3). The monoisotopic (exact) mass is 570 g/mol. The second-order valence-corrected chi connectivity index (χ2v) is 9.87. The first kappa shape index (κ1) is 32.8. The first-order valence-electron chi connectivity index (χ1n) is 13.2. The number of benzene rings is 1. The fraction of sp³-hybridized carbons (Fsp3) is 0.536. The fourth-order valence-corrected chi connectivity index (χ4v) is 5.09. The molecule has 1 saturated heterocycles. The molecule has 0 unspecified atom stereocenters. The number of hydrogen-bond acceptors (Lipinski definition) is 5. The van der Waals surface area contributed by atoms with Crippen molar-refractivity contribution in [2.75, 3.05) is 31.6 Å². The maximum absolute atomic E-state index is 14.7. The van der Waals surface area contributed by atoms with E-state index in [2.05, 4.69) is 15.2 Å². The lowest BCUT2D eigenvalue weighted by Gasteiger charge is -2.39. The Morgan fingerprint density at radius 1 is 1.20 bits per heavy atom. The minimum atomic E-state index is -4.64.